The number of aliphatic hydroxyl groups excluding tert-OH is 1. The van der Waals surface area contributed by atoms with E-state index in [2.05, 4.69) is 16.8 Å². The molecule has 0 amide bonds. The van der Waals surface area contributed by atoms with Crippen LogP contribution in [0.3, 0.4) is 0 Å². The van der Waals surface area contributed by atoms with Crippen LogP contribution in [0.15, 0.2) is 30.5 Å². The quantitative estimate of drug-likeness (QED) is 0.935. The smallest absolute Gasteiger partial charge is 0.119 e. The first-order chi connectivity index (χ1) is 11.7. The summed E-state index contributed by atoms with van der Waals surface area (Å²) >= 11 is 0. The van der Waals surface area contributed by atoms with Gasteiger partial charge in [0.25, 0.3) is 0 Å². The van der Waals surface area contributed by atoms with E-state index in [1.54, 1.807) is 13.3 Å². The van der Waals surface area contributed by atoms with E-state index in [9.17, 15) is 5.11 Å². The molecule has 5 atom stereocenters. The minimum atomic E-state index is -0.469. The van der Waals surface area contributed by atoms with Gasteiger partial charge in [-0.2, -0.15) is 0 Å². The van der Waals surface area contributed by atoms with Gasteiger partial charge in [-0.15, -0.1) is 0 Å². The Labute approximate surface area is 143 Å². The van der Waals surface area contributed by atoms with Gasteiger partial charge in [-0.25, -0.2) is 0 Å². The summed E-state index contributed by atoms with van der Waals surface area (Å²) in [5.41, 5.74) is 1.89. The lowest BCUT2D eigenvalue weighted by Crippen LogP contribution is -2.55. The van der Waals surface area contributed by atoms with Gasteiger partial charge < -0.3 is 9.84 Å². The molecular weight excluding hydrogens is 300 g/mol. The van der Waals surface area contributed by atoms with Crippen LogP contribution in [0.5, 0.6) is 5.75 Å². The molecule has 1 aromatic heterocycles. The van der Waals surface area contributed by atoms with E-state index < -0.39 is 6.10 Å². The number of fused-ring (bicyclic) bond motifs is 4. The molecule has 1 aromatic carbocycles. The lowest BCUT2D eigenvalue weighted by atomic mass is 9.72. The van der Waals surface area contributed by atoms with Crippen molar-refractivity contribution >= 4 is 10.9 Å². The van der Waals surface area contributed by atoms with Gasteiger partial charge in [0.1, 0.15) is 5.75 Å². The second kappa shape index (κ2) is 6.34. The molecule has 3 fully saturated rings. The molecule has 3 aliphatic rings. The SMILES string of the molecule is CC[C@@H]1CN2CCC1C[C@@H]2C(O)c1ccnc2ccc(OC)cc12. The average Bonchev–Trinajstić information content (AvgIpc) is 2.66. The number of hydrogen-bond acceptors (Lipinski definition) is 4. The minimum Gasteiger partial charge on any atom is -0.497 e. The van der Waals surface area contributed by atoms with E-state index in [1.165, 1.54) is 12.8 Å². The van der Waals surface area contributed by atoms with Crippen molar-refractivity contribution in [1.29, 1.82) is 0 Å². The Morgan fingerprint density at radius 2 is 2.25 bits per heavy atom. The number of hydrogen-bond donors (Lipinski definition) is 1. The minimum absolute atomic E-state index is 0.225. The lowest BCUT2D eigenvalue weighted by Gasteiger charge is -2.51. The molecule has 3 saturated heterocycles. The van der Waals surface area contributed by atoms with Crippen LogP contribution in [0.4, 0.5) is 0 Å². The van der Waals surface area contributed by atoms with Gasteiger partial charge in [0.2, 0.25) is 0 Å². The third kappa shape index (κ3) is 2.58. The zero-order valence-electron chi connectivity index (χ0n) is 14.5. The van der Waals surface area contributed by atoms with Crippen molar-refractivity contribution in [2.45, 2.75) is 38.3 Å². The maximum Gasteiger partial charge on any atom is 0.119 e. The van der Waals surface area contributed by atoms with Crippen molar-refractivity contribution in [2.24, 2.45) is 11.8 Å². The van der Waals surface area contributed by atoms with Crippen LogP contribution < -0.4 is 4.74 Å². The number of nitrogens with zero attached hydrogens (tertiary/aromatic N) is 2. The topological polar surface area (TPSA) is 45.6 Å². The van der Waals surface area contributed by atoms with Crippen LogP contribution in [-0.2, 0) is 0 Å². The maximum atomic E-state index is 11.2. The number of benzene rings is 1. The highest BCUT2D eigenvalue weighted by Gasteiger charge is 2.42. The summed E-state index contributed by atoms with van der Waals surface area (Å²) in [7, 11) is 1.67. The van der Waals surface area contributed by atoms with E-state index in [1.807, 2.05) is 24.3 Å². The highest BCUT2D eigenvalue weighted by molar-refractivity contribution is 5.83. The monoisotopic (exact) mass is 326 g/mol. The van der Waals surface area contributed by atoms with Crippen LogP contribution in [0.1, 0.15) is 37.9 Å². The molecule has 0 spiro atoms. The molecule has 24 heavy (non-hydrogen) atoms. The Bertz CT molecular complexity index is 733. The Kier molecular flexibility index (Phi) is 4.19. The van der Waals surface area contributed by atoms with Gasteiger partial charge in [-0.3, -0.25) is 9.88 Å². The first-order valence-electron chi connectivity index (χ1n) is 9.06. The van der Waals surface area contributed by atoms with Gasteiger partial charge in [-0.05, 0) is 61.1 Å². The normalized spacial score (nSPS) is 30.5. The van der Waals surface area contributed by atoms with E-state index in [-0.39, 0.29) is 6.04 Å². The van der Waals surface area contributed by atoms with Gasteiger partial charge in [0.05, 0.1) is 18.7 Å². The molecule has 4 heterocycles. The van der Waals surface area contributed by atoms with Crippen molar-refractivity contribution in [1.82, 2.24) is 9.88 Å². The van der Waals surface area contributed by atoms with Crippen LogP contribution in [0.25, 0.3) is 10.9 Å². The summed E-state index contributed by atoms with van der Waals surface area (Å²) in [4.78, 5) is 6.94. The van der Waals surface area contributed by atoms with Crippen molar-refractivity contribution in [2.75, 3.05) is 20.2 Å². The molecule has 1 N–H and O–H groups in total. The summed E-state index contributed by atoms with van der Waals surface area (Å²) in [6, 6.07) is 8.07. The number of rotatable bonds is 4. The molecule has 5 rings (SSSR count). The van der Waals surface area contributed by atoms with E-state index >= 15 is 0 Å². The first-order valence-corrected chi connectivity index (χ1v) is 9.06. The van der Waals surface area contributed by atoms with Crippen molar-refractivity contribution in [3.63, 3.8) is 0 Å². The zero-order valence-corrected chi connectivity index (χ0v) is 14.5. The molecular formula is C20H26N2O2. The van der Waals surface area contributed by atoms with Crippen LogP contribution in [0, 0.1) is 11.8 Å². The summed E-state index contributed by atoms with van der Waals surface area (Å²) in [6.45, 7) is 4.55. The fourth-order valence-electron chi connectivity index (χ4n) is 4.71. The lowest BCUT2D eigenvalue weighted by molar-refractivity contribution is -0.0562. The predicted octanol–water partition coefficient (Wildman–Crippen LogP) is 3.40. The van der Waals surface area contributed by atoms with Crippen LogP contribution >= 0.6 is 0 Å². The number of aromatic nitrogens is 1. The van der Waals surface area contributed by atoms with Gasteiger partial charge in [0.15, 0.2) is 0 Å². The molecule has 0 saturated carbocycles. The molecule has 2 aromatic rings. The molecule has 2 bridgehead atoms. The summed E-state index contributed by atoms with van der Waals surface area (Å²) in [5, 5.41) is 12.2. The predicted molar refractivity (Wildman–Crippen MR) is 95.1 cm³/mol. The molecule has 0 aliphatic carbocycles. The standard InChI is InChI=1S/C20H26N2O2/c1-3-13-12-22-9-7-14(13)10-19(22)20(23)16-6-8-21-18-5-4-15(24-2)11-17(16)18/h4-6,8,11,13-14,19-20,23H,3,7,9-10,12H2,1-2H3/t13-,14?,19-,20?/m1/s1. The Hall–Kier alpha value is -1.65. The number of ether oxygens (including phenoxy) is 1. The summed E-state index contributed by atoms with van der Waals surface area (Å²) in [5.74, 6) is 2.37. The molecule has 4 heteroatoms. The fourth-order valence-corrected chi connectivity index (χ4v) is 4.71. The molecule has 0 radical (unpaired) electrons. The third-order valence-corrected chi connectivity index (χ3v) is 6.13. The molecule has 3 unspecified atom stereocenters. The third-order valence-electron chi connectivity index (χ3n) is 6.13. The number of aliphatic hydroxyl groups is 1. The Morgan fingerprint density at radius 3 is 2.96 bits per heavy atom. The van der Waals surface area contributed by atoms with Gasteiger partial charge >= 0.3 is 0 Å². The number of piperidine rings is 3. The average molecular weight is 326 g/mol. The van der Waals surface area contributed by atoms with Crippen molar-refractivity contribution in [3.05, 3.63) is 36.0 Å². The summed E-state index contributed by atoms with van der Waals surface area (Å²) < 4.78 is 5.36. The highest BCUT2D eigenvalue weighted by Crippen LogP contribution is 2.42. The van der Waals surface area contributed by atoms with Gasteiger partial charge in [-0.1, -0.05) is 13.3 Å². The largest absolute Gasteiger partial charge is 0.497 e. The second-order valence-corrected chi connectivity index (χ2v) is 7.24. The van der Waals surface area contributed by atoms with E-state index in [0.29, 0.717) is 0 Å². The van der Waals surface area contributed by atoms with Crippen LogP contribution in [-0.4, -0.2) is 41.2 Å². The highest BCUT2D eigenvalue weighted by atomic mass is 16.5. The summed E-state index contributed by atoms with van der Waals surface area (Å²) in [6.07, 6.45) is 4.97. The van der Waals surface area contributed by atoms with Crippen molar-refractivity contribution < 1.29 is 9.84 Å². The number of pyridine rings is 1. The number of methoxy groups -OCH3 is 1. The molecule has 4 nitrogen and oxygen atoms in total. The van der Waals surface area contributed by atoms with E-state index in [0.717, 1.165) is 53.6 Å². The zero-order chi connectivity index (χ0) is 16.7. The van der Waals surface area contributed by atoms with Crippen molar-refractivity contribution in [3.8, 4) is 5.75 Å². The first kappa shape index (κ1) is 15.9. The fraction of sp³-hybridized carbons (Fsp3) is 0.550. The maximum absolute atomic E-state index is 11.2. The van der Waals surface area contributed by atoms with E-state index in [4.69, 9.17) is 4.74 Å². The second-order valence-electron chi connectivity index (χ2n) is 7.24. The van der Waals surface area contributed by atoms with Crippen LogP contribution in [0.2, 0.25) is 0 Å². The Morgan fingerprint density at radius 1 is 1.38 bits per heavy atom. The van der Waals surface area contributed by atoms with Gasteiger partial charge in [0, 0.05) is 24.2 Å². The molecule has 3 aliphatic heterocycles. The molecule has 128 valence electrons. The Balaban J connectivity index is 1.68.